The minimum absolute atomic E-state index is 0.0145. The molecule has 41 heavy (non-hydrogen) atoms. The van der Waals surface area contributed by atoms with Gasteiger partial charge in [-0.05, 0) is 87.4 Å². The summed E-state index contributed by atoms with van der Waals surface area (Å²) in [6, 6.07) is 8.67. The van der Waals surface area contributed by atoms with Crippen LogP contribution in [-0.2, 0) is 18.8 Å². The number of anilines is 1. The Balaban J connectivity index is 1.94. The van der Waals surface area contributed by atoms with Gasteiger partial charge in [-0.3, -0.25) is 0 Å². The molecule has 0 aliphatic carbocycles. The van der Waals surface area contributed by atoms with Gasteiger partial charge in [0.15, 0.2) is 11.4 Å². The van der Waals surface area contributed by atoms with Gasteiger partial charge in [-0.2, -0.15) is 10.2 Å². The van der Waals surface area contributed by atoms with Crippen LogP contribution in [0.3, 0.4) is 0 Å². The molecular formula is C29H35BN4O7. The number of ether oxygens (including phenoxy) is 2. The average molecular weight is 562 g/mol. The van der Waals surface area contributed by atoms with Crippen LogP contribution in [0.15, 0.2) is 34.9 Å². The van der Waals surface area contributed by atoms with Crippen molar-refractivity contribution < 1.29 is 32.8 Å². The molecule has 216 valence electrons. The summed E-state index contributed by atoms with van der Waals surface area (Å²) >= 11 is 0. The molecule has 0 N–H and O–H groups in total. The minimum Gasteiger partial charge on any atom is -0.443 e. The van der Waals surface area contributed by atoms with Crippen molar-refractivity contribution in [2.45, 2.75) is 91.6 Å². The lowest BCUT2D eigenvalue weighted by atomic mass is 9.79. The highest BCUT2D eigenvalue weighted by Crippen LogP contribution is 2.38. The molecule has 3 heterocycles. The summed E-state index contributed by atoms with van der Waals surface area (Å²) in [5.41, 5.74) is -1.51. The van der Waals surface area contributed by atoms with Gasteiger partial charge in [-0.15, -0.1) is 0 Å². The molecule has 1 aliphatic heterocycles. The van der Waals surface area contributed by atoms with Gasteiger partial charge in [0.2, 0.25) is 5.89 Å². The number of amides is 2. The van der Waals surface area contributed by atoms with Crippen molar-refractivity contribution in [1.82, 2.24) is 9.97 Å². The number of rotatable bonds is 3. The van der Waals surface area contributed by atoms with Gasteiger partial charge in [0.05, 0.1) is 22.3 Å². The Hall–Kier alpha value is -3.95. The molecule has 0 spiro atoms. The zero-order valence-corrected chi connectivity index (χ0v) is 25.1. The van der Waals surface area contributed by atoms with Crippen LogP contribution in [0.1, 0.15) is 74.8 Å². The van der Waals surface area contributed by atoms with E-state index in [-0.39, 0.29) is 17.3 Å². The first-order chi connectivity index (χ1) is 18.8. The number of pyridine rings is 1. The summed E-state index contributed by atoms with van der Waals surface area (Å²) in [4.78, 5) is 36.7. The Morgan fingerprint density at radius 1 is 0.976 bits per heavy atom. The number of aromatic nitrogens is 2. The van der Waals surface area contributed by atoms with Gasteiger partial charge in [-0.1, -0.05) is 6.07 Å². The lowest BCUT2D eigenvalue weighted by Gasteiger charge is -2.32. The van der Waals surface area contributed by atoms with Crippen LogP contribution in [-0.4, -0.2) is 51.7 Å². The number of hydrogen-bond acceptors (Lipinski definition) is 10. The van der Waals surface area contributed by atoms with Gasteiger partial charge in [0.1, 0.15) is 22.8 Å². The van der Waals surface area contributed by atoms with E-state index in [1.54, 1.807) is 65.8 Å². The Morgan fingerprint density at radius 2 is 1.54 bits per heavy atom. The topological polar surface area (TPSA) is 137 Å². The number of fused-ring (bicyclic) bond motifs is 1. The third-order valence-electron chi connectivity index (χ3n) is 6.55. The maximum absolute atomic E-state index is 13.5. The van der Waals surface area contributed by atoms with E-state index in [9.17, 15) is 14.9 Å². The van der Waals surface area contributed by atoms with Crippen LogP contribution in [0.2, 0.25) is 0 Å². The van der Waals surface area contributed by atoms with Crippen LogP contribution in [0.25, 0.3) is 22.6 Å². The Morgan fingerprint density at radius 3 is 2.05 bits per heavy atom. The van der Waals surface area contributed by atoms with E-state index in [2.05, 4.69) is 16.0 Å². The lowest BCUT2D eigenvalue weighted by molar-refractivity contribution is 0.00578. The smallest absolute Gasteiger partial charge is 0.443 e. The first kappa shape index (κ1) is 30.0. The predicted octanol–water partition coefficient (Wildman–Crippen LogP) is 5.74. The molecule has 11 nitrogen and oxygen atoms in total. The number of oxazole rings is 1. The second-order valence-electron chi connectivity index (χ2n) is 12.8. The van der Waals surface area contributed by atoms with Crippen molar-refractivity contribution in [1.29, 1.82) is 5.26 Å². The quantitative estimate of drug-likeness (QED) is 0.364. The van der Waals surface area contributed by atoms with Crippen LogP contribution < -0.4 is 10.4 Å². The van der Waals surface area contributed by atoms with Crippen molar-refractivity contribution in [2.75, 3.05) is 4.90 Å². The van der Waals surface area contributed by atoms with Crippen LogP contribution in [0.4, 0.5) is 15.4 Å². The molecular weight excluding hydrogens is 527 g/mol. The highest BCUT2D eigenvalue weighted by atomic mass is 16.7. The summed E-state index contributed by atoms with van der Waals surface area (Å²) in [6.07, 6.45) is -0.554. The van der Waals surface area contributed by atoms with E-state index in [0.717, 1.165) is 0 Å². The van der Waals surface area contributed by atoms with Gasteiger partial charge < -0.3 is 23.2 Å². The molecule has 2 amide bonds. The minimum atomic E-state index is -1.00. The Bertz CT molecular complexity index is 1500. The van der Waals surface area contributed by atoms with E-state index >= 15 is 0 Å². The van der Waals surface area contributed by atoms with E-state index in [0.29, 0.717) is 27.0 Å². The molecule has 1 aliphatic rings. The molecule has 0 unspecified atom stereocenters. The highest BCUT2D eigenvalue weighted by Gasteiger charge is 2.52. The fourth-order valence-electron chi connectivity index (χ4n) is 3.93. The molecule has 0 atom stereocenters. The summed E-state index contributed by atoms with van der Waals surface area (Å²) in [5, 5.41) is 9.60. The third kappa shape index (κ3) is 6.21. The molecule has 0 saturated carbocycles. The number of benzene rings is 1. The van der Waals surface area contributed by atoms with Gasteiger partial charge in [-0.25, -0.2) is 19.6 Å². The zero-order valence-electron chi connectivity index (χ0n) is 25.1. The molecule has 1 aromatic carbocycles. The molecule has 1 saturated heterocycles. The van der Waals surface area contributed by atoms with Crippen LogP contribution >= 0.6 is 0 Å². The summed E-state index contributed by atoms with van der Waals surface area (Å²) in [7, 11) is -0.809. The number of nitriles is 1. The van der Waals surface area contributed by atoms with Gasteiger partial charge >= 0.3 is 19.3 Å². The lowest BCUT2D eigenvalue weighted by Crippen LogP contribution is -2.45. The molecule has 2 aromatic heterocycles. The third-order valence-corrected chi connectivity index (χ3v) is 6.55. The molecule has 4 rings (SSSR count). The first-order valence-electron chi connectivity index (χ1n) is 13.2. The highest BCUT2D eigenvalue weighted by molar-refractivity contribution is 6.62. The number of carbonyl (C=O) groups excluding carboxylic acids is 2. The maximum Gasteiger partial charge on any atom is 0.496 e. The Kier molecular flexibility index (Phi) is 7.44. The maximum atomic E-state index is 13.5. The van der Waals surface area contributed by atoms with E-state index in [1.165, 1.54) is 6.20 Å². The van der Waals surface area contributed by atoms with Crippen molar-refractivity contribution in [3.8, 4) is 17.5 Å². The normalized spacial score (nSPS) is 16.4. The standard InChI is InChI=1S/C29H35BN4O7/c1-26(2,3)38-24(35)34(25(36)39-27(4,5)6)22-19(23-33-21-17(15-31)12-11-13-20(21)37-23)14-18(16-32-22)30-40-28(7,8)29(9,10)41-30/h11-14,16H,1-10H3. The molecule has 12 heteroatoms. The number of para-hydroxylation sites is 1. The van der Waals surface area contributed by atoms with Crippen molar-refractivity contribution in [3.63, 3.8) is 0 Å². The zero-order chi connectivity index (χ0) is 30.5. The van der Waals surface area contributed by atoms with E-state index in [1.807, 2.05) is 27.7 Å². The first-order valence-corrected chi connectivity index (χ1v) is 13.2. The Labute approximate surface area is 239 Å². The number of nitrogens with zero attached hydrogens (tertiary/aromatic N) is 4. The van der Waals surface area contributed by atoms with Crippen LogP contribution in [0.5, 0.6) is 0 Å². The average Bonchev–Trinajstić information content (AvgIpc) is 3.34. The summed E-state index contributed by atoms with van der Waals surface area (Å²) in [5.74, 6) is -0.125. The largest absolute Gasteiger partial charge is 0.496 e. The van der Waals surface area contributed by atoms with Gasteiger partial charge in [0.25, 0.3) is 0 Å². The van der Waals surface area contributed by atoms with Crippen molar-refractivity contribution in [3.05, 3.63) is 36.0 Å². The number of imide groups is 1. The predicted molar refractivity (Wildman–Crippen MR) is 153 cm³/mol. The van der Waals surface area contributed by atoms with Crippen LogP contribution in [0, 0.1) is 11.3 Å². The molecule has 0 radical (unpaired) electrons. The summed E-state index contributed by atoms with van der Waals surface area (Å²) < 4.78 is 29.6. The molecule has 3 aromatic rings. The molecule has 1 fully saturated rings. The van der Waals surface area contributed by atoms with Crippen molar-refractivity contribution in [2.24, 2.45) is 0 Å². The van der Waals surface area contributed by atoms with E-state index < -0.39 is 41.7 Å². The number of carbonyl (C=O) groups is 2. The SMILES string of the molecule is CC(C)(C)OC(=O)N(C(=O)OC(C)(C)C)c1ncc(B2OC(C)(C)C(C)(C)O2)cc1-c1nc2c(C#N)cccc2o1. The number of hydrogen-bond donors (Lipinski definition) is 0. The monoisotopic (exact) mass is 562 g/mol. The second kappa shape index (κ2) is 10.2. The molecule has 0 bridgehead atoms. The fourth-order valence-corrected chi connectivity index (χ4v) is 3.93. The van der Waals surface area contributed by atoms with Gasteiger partial charge in [0, 0.05) is 11.7 Å². The fraction of sp³-hybridized carbons (Fsp3) is 0.483. The van der Waals surface area contributed by atoms with E-state index in [4.69, 9.17) is 23.2 Å². The second-order valence-corrected chi connectivity index (χ2v) is 12.8. The summed E-state index contributed by atoms with van der Waals surface area (Å²) in [6.45, 7) is 17.8. The van der Waals surface area contributed by atoms with Crippen molar-refractivity contribution >= 4 is 41.7 Å².